The number of carbonyl (C=O) groups excluding carboxylic acids is 2. The second-order valence-electron chi connectivity index (χ2n) is 6.56. The molecule has 1 aliphatic rings. The lowest BCUT2D eigenvalue weighted by atomic mass is 10.0. The Morgan fingerprint density at radius 2 is 1.85 bits per heavy atom. The van der Waals surface area contributed by atoms with Crippen LogP contribution < -0.4 is 10.2 Å². The van der Waals surface area contributed by atoms with Gasteiger partial charge < -0.3 is 10.2 Å². The van der Waals surface area contributed by atoms with Crippen LogP contribution in [0.1, 0.15) is 28.9 Å². The van der Waals surface area contributed by atoms with Crippen molar-refractivity contribution in [1.82, 2.24) is 10.2 Å². The van der Waals surface area contributed by atoms with E-state index in [4.69, 9.17) is 0 Å². The first-order valence-corrected chi connectivity index (χ1v) is 9.01. The molecule has 5 nitrogen and oxygen atoms in total. The number of nitrogens with one attached hydrogen (secondary N) is 1. The normalized spacial score (nSPS) is 17.6. The lowest BCUT2D eigenvalue weighted by Gasteiger charge is -2.35. The minimum atomic E-state index is -0.433. The van der Waals surface area contributed by atoms with Crippen molar-refractivity contribution >= 4 is 17.4 Å². The molecular formula is C21H25N3O2. The molecule has 26 heavy (non-hydrogen) atoms. The van der Waals surface area contributed by atoms with Crippen LogP contribution in [0.5, 0.6) is 0 Å². The zero-order chi connectivity index (χ0) is 18.5. The molecule has 0 spiro atoms. The number of benzene rings is 2. The van der Waals surface area contributed by atoms with Crippen molar-refractivity contribution in [3.63, 3.8) is 0 Å². The van der Waals surface area contributed by atoms with Gasteiger partial charge in [0.25, 0.3) is 0 Å². The van der Waals surface area contributed by atoms with E-state index in [1.807, 2.05) is 66.5 Å². The Labute approximate surface area is 154 Å². The third kappa shape index (κ3) is 3.94. The number of ketones is 1. The summed E-state index contributed by atoms with van der Waals surface area (Å²) in [5, 5.41) is 2.92. The van der Waals surface area contributed by atoms with Gasteiger partial charge in [0.2, 0.25) is 5.91 Å². The largest absolute Gasteiger partial charge is 0.375 e. The Hall–Kier alpha value is -2.66. The highest BCUT2D eigenvalue weighted by Gasteiger charge is 2.32. The van der Waals surface area contributed by atoms with Gasteiger partial charge in [0.05, 0.1) is 6.54 Å². The monoisotopic (exact) mass is 351 g/mol. The summed E-state index contributed by atoms with van der Waals surface area (Å²) < 4.78 is 0. The highest BCUT2D eigenvalue weighted by Crippen LogP contribution is 2.25. The molecular weight excluding hydrogens is 326 g/mol. The minimum absolute atomic E-state index is 0.0348. The first-order chi connectivity index (χ1) is 12.6. The molecule has 136 valence electrons. The highest BCUT2D eigenvalue weighted by atomic mass is 16.2. The predicted octanol–water partition coefficient (Wildman–Crippen LogP) is 2.50. The van der Waals surface area contributed by atoms with Crippen LogP contribution in [0.3, 0.4) is 0 Å². The lowest BCUT2D eigenvalue weighted by molar-refractivity contribution is -0.128. The van der Waals surface area contributed by atoms with Crippen molar-refractivity contribution < 1.29 is 9.59 Å². The van der Waals surface area contributed by atoms with Crippen molar-refractivity contribution in [2.24, 2.45) is 0 Å². The Bertz CT molecular complexity index is 759. The predicted molar refractivity (Wildman–Crippen MR) is 103 cm³/mol. The van der Waals surface area contributed by atoms with Gasteiger partial charge in [0, 0.05) is 37.9 Å². The number of amides is 1. The maximum Gasteiger partial charge on any atom is 0.242 e. The summed E-state index contributed by atoms with van der Waals surface area (Å²) in [5.41, 5.74) is 2.70. The Morgan fingerprint density at radius 1 is 1.15 bits per heavy atom. The highest BCUT2D eigenvalue weighted by molar-refractivity contribution is 5.98. The molecule has 1 heterocycles. The summed E-state index contributed by atoms with van der Waals surface area (Å²) in [7, 11) is 2.03. The zero-order valence-corrected chi connectivity index (χ0v) is 15.3. The van der Waals surface area contributed by atoms with Gasteiger partial charge in [-0.1, -0.05) is 42.5 Å². The van der Waals surface area contributed by atoms with E-state index >= 15 is 0 Å². The van der Waals surface area contributed by atoms with Gasteiger partial charge in [0.15, 0.2) is 5.78 Å². The molecule has 2 aromatic carbocycles. The average molecular weight is 351 g/mol. The van der Waals surface area contributed by atoms with Gasteiger partial charge in [-0.3, -0.25) is 14.5 Å². The smallest absolute Gasteiger partial charge is 0.242 e. The molecule has 1 N–H and O–H groups in total. The number of hydrogen-bond acceptors (Lipinski definition) is 4. The Balaban J connectivity index is 1.80. The molecule has 0 bridgehead atoms. The van der Waals surface area contributed by atoms with E-state index in [9.17, 15) is 9.59 Å². The molecule has 0 aromatic heterocycles. The molecule has 5 heteroatoms. The van der Waals surface area contributed by atoms with Crippen molar-refractivity contribution in [1.29, 1.82) is 0 Å². The number of piperazine rings is 1. The van der Waals surface area contributed by atoms with Crippen molar-refractivity contribution in [3.05, 3.63) is 65.7 Å². The van der Waals surface area contributed by atoms with Gasteiger partial charge in [0.1, 0.15) is 6.04 Å². The Morgan fingerprint density at radius 3 is 2.50 bits per heavy atom. The number of anilines is 1. The lowest BCUT2D eigenvalue weighted by Crippen LogP contribution is -2.51. The third-order valence-electron chi connectivity index (χ3n) is 4.88. The summed E-state index contributed by atoms with van der Waals surface area (Å²) in [6.45, 7) is 4.47. The molecule has 2 aromatic rings. The van der Waals surface area contributed by atoms with Gasteiger partial charge in [-0.25, -0.2) is 0 Å². The SMILES string of the molecule is CCN(C)c1ccc(C2C(=O)NCCN2CC(=O)c2ccccc2)cc1. The summed E-state index contributed by atoms with van der Waals surface area (Å²) in [6, 6.07) is 16.8. The molecule has 1 atom stereocenters. The van der Waals surface area contributed by atoms with Crippen LogP contribution in [0.2, 0.25) is 0 Å². The first kappa shape index (κ1) is 18.1. The molecule has 1 unspecified atom stereocenters. The van der Waals surface area contributed by atoms with Gasteiger partial charge in [-0.2, -0.15) is 0 Å². The maximum absolute atomic E-state index is 12.6. The fraction of sp³-hybridized carbons (Fsp3) is 0.333. The van der Waals surface area contributed by atoms with Crippen LogP contribution in [0.15, 0.2) is 54.6 Å². The second-order valence-corrected chi connectivity index (χ2v) is 6.56. The number of carbonyl (C=O) groups is 2. The van der Waals surface area contributed by atoms with E-state index in [1.165, 1.54) is 0 Å². The van der Waals surface area contributed by atoms with Crippen LogP contribution in [-0.4, -0.2) is 49.8 Å². The molecule has 1 amide bonds. The average Bonchev–Trinajstić information content (AvgIpc) is 2.68. The van der Waals surface area contributed by atoms with E-state index in [0.29, 0.717) is 18.7 Å². The summed E-state index contributed by atoms with van der Waals surface area (Å²) in [5.74, 6) is -0.0126. The molecule has 0 aliphatic carbocycles. The van der Waals surface area contributed by atoms with Crippen molar-refractivity contribution in [2.75, 3.05) is 38.1 Å². The van der Waals surface area contributed by atoms with E-state index in [2.05, 4.69) is 17.1 Å². The van der Waals surface area contributed by atoms with Crippen LogP contribution in [0.4, 0.5) is 5.69 Å². The van der Waals surface area contributed by atoms with Crippen LogP contribution in [0.25, 0.3) is 0 Å². The van der Waals surface area contributed by atoms with Gasteiger partial charge in [-0.15, -0.1) is 0 Å². The van der Waals surface area contributed by atoms with Gasteiger partial charge in [-0.05, 0) is 24.6 Å². The minimum Gasteiger partial charge on any atom is -0.375 e. The van der Waals surface area contributed by atoms with Crippen molar-refractivity contribution in [3.8, 4) is 0 Å². The quantitative estimate of drug-likeness (QED) is 0.813. The standard InChI is InChI=1S/C21H25N3O2/c1-3-23(2)18-11-9-17(10-12-18)20-21(26)22-13-14-24(20)15-19(25)16-7-5-4-6-8-16/h4-12,20H,3,13-15H2,1-2H3,(H,22,26). The summed E-state index contributed by atoms with van der Waals surface area (Å²) in [6.07, 6.45) is 0. The third-order valence-corrected chi connectivity index (χ3v) is 4.88. The van der Waals surface area contributed by atoms with Crippen molar-refractivity contribution in [2.45, 2.75) is 13.0 Å². The molecule has 0 radical (unpaired) electrons. The summed E-state index contributed by atoms with van der Waals surface area (Å²) >= 11 is 0. The fourth-order valence-electron chi connectivity index (χ4n) is 3.24. The van der Waals surface area contributed by atoms with Crippen LogP contribution in [0, 0.1) is 0 Å². The number of rotatable bonds is 6. The topological polar surface area (TPSA) is 52.7 Å². The fourth-order valence-corrected chi connectivity index (χ4v) is 3.24. The molecule has 1 saturated heterocycles. The van der Waals surface area contributed by atoms with E-state index in [0.717, 1.165) is 17.8 Å². The maximum atomic E-state index is 12.6. The molecule has 0 saturated carbocycles. The van der Waals surface area contributed by atoms with Gasteiger partial charge >= 0.3 is 0 Å². The van der Waals surface area contributed by atoms with Crippen LogP contribution in [-0.2, 0) is 4.79 Å². The van der Waals surface area contributed by atoms with E-state index in [1.54, 1.807) is 0 Å². The molecule has 1 fully saturated rings. The van der Waals surface area contributed by atoms with Crippen LogP contribution >= 0.6 is 0 Å². The van der Waals surface area contributed by atoms with E-state index in [-0.39, 0.29) is 18.2 Å². The summed E-state index contributed by atoms with van der Waals surface area (Å²) in [4.78, 5) is 29.2. The number of Topliss-reactive ketones (excluding diaryl/α,β-unsaturated/α-hetero) is 1. The first-order valence-electron chi connectivity index (χ1n) is 9.01. The molecule has 1 aliphatic heterocycles. The molecule has 3 rings (SSSR count). The Kier molecular flexibility index (Phi) is 5.68. The zero-order valence-electron chi connectivity index (χ0n) is 15.3. The number of nitrogens with zero attached hydrogens (tertiary/aromatic N) is 2. The second kappa shape index (κ2) is 8.15. The van der Waals surface area contributed by atoms with E-state index < -0.39 is 6.04 Å². The number of hydrogen-bond donors (Lipinski definition) is 1.